The van der Waals surface area contributed by atoms with Crippen molar-refractivity contribution in [2.24, 2.45) is 0 Å². The smallest absolute Gasteiger partial charge is 0.0178 e. The molecule has 2 rings (SSSR count). The van der Waals surface area contributed by atoms with E-state index in [1.807, 2.05) is 7.05 Å². The fraction of sp³-hybridized carbons (Fsp3) is 0.250. The van der Waals surface area contributed by atoms with E-state index in [2.05, 4.69) is 85.7 Å². The van der Waals surface area contributed by atoms with Crippen molar-refractivity contribution in [1.29, 1.82) is 0 Å². The molecule has 0 aliphatic carbocycles. The first kappa shape index (κ1) is 14.8. The Kier molecular flexibility index (Phi) is 5.61. The van der Waals surface area contributed by atoms with E-state index in [9.17, 15) is 0 Å². The van der Waals surface area contributed by atoms with Gasteiger partial charge in [-0.05, 0) is 48.9 Å². The molecule has 2 aromatic rings. The van der Waals surface area contributed by atoms with E-state index in [1.165, 1.54) is 11.1 Å². The van der Waals surface area contributed by atoms with Crippen LogP contribution < -0.4 is 5.32 Å². The van der Waals surface area contributed by atoms with E-state index in [0.717, 1.165) is 21.9 Å². The first-order valence-corrected chi connectivity index (χ1v) is 7.92. The largest absolute Gasteiger partial charge is 0.319 e. The molecule has 1 N–H and O–H groups in total. The van der Waals surface area contributed by atoms with Gasteiger partial charge in [0.2, 0.25) is 0 Å². The summed E-state index contributed by atoms with van der Waals surface area (Å²) in [5.74, 6) is 0.490. The zero-order valence-corrected chi connectivity index (χ0v) is 14.0. The number of likely N-dealkylation sites (N-methyl/N-ethyl adjacent to an activating group) is 1. The lowest BCUT2D eigenvalue weighted by molar-refractivity contribution is 0.625. The Bertz CT molecular complexity index is 523. The van der Waals surface area contributed by atoms with E-state index in [0.29, 0.717) is 5.92 Å². The number of benzene rings is 2. The Morgan fingerprint density at radius 3 is 2.37 bits per heavy atom. The SMILES string of the molecule is CNCC(Cc1ccc(Br)cc1)c1cccc(Br)c1. The predicted molar refractivity (Wildman–Crippen MR) is 88.7 cm³/mol. The second-order valence-electron chi connectivity index (χ2n) is 4.64. The minimum absolute atomic E-state index is 0.490. The molecule has 3 heteroatoms. The van der Waals surface area contributed by atoms with Crippen LogP contribution in [0.25, 0.3) is 0 Å². The van der Waals surface area contributed by atoms with Gasteiger partial charge in [0, 0.05) is 21.4 Å². The molecule has 0 bridgehead atoms. The predicted octanol–water partition coefficient (Wildman–Crippen LogP) is 4.76. The van der Waals surface area contributed by atoms with Gasteiger partial charge in [0.15, 0.2) is 0 Å². The van der Waals surface area contributed by atoms with E-state index in [-0.39, 0.29) is 0 Å². The molecule has 0 heterocycles. The molecular formula is C16H17Br2N. The highest BCUT2D eigenvalue weighted by atomic mass is 79.9. The van der Waals surface area contributed by atoms with Crippen LogP contribution in [0.15, 0.2) is 57.5 Å². The van der Waals surface area contributed by atoms with Gasteiger partial charge in [0.1, 0.15) is 0 Å². The lowest BCUT2D eigenvalue weighted by atomic mass is 9.92. The quantitative estimate of drug-likeness (QED) is 0.786. The molecule has 0 saturated heterocycles. The third-order valence-corrected chi connectivity index (χ3v) is 4.19. The maximum Gasteiger partial charge on any atom is 0.0178 e. The fourth-order valence-corrected chi connectivity index (χ4v) is 2.90. The summed E-state index contributed by atoms with van der Waals surface area (Å²) in [5.41, 5.74) is 2.73. The number of hydrogen-bond donors (Lipinski definition) is 1. The van der Waals surface area contributed by atoms with E-state index in [4.69, 9.17) is 0 Å². The van der Waals surface area contributed by atoms with Crippen LogP contribution in [-0.2, 0) is 6.42 Å². The average molecular weight is 383 g/mol. The van der Waals surface area contributed by atoms with Crippen LogP contribution in [0, 0.1) is 0 Å². The van der Waals surface area contributed by atoms with E-state index >= 15 is 0 Å². The molecule has 0 aromatic heterocycles. The normalized spacial score (nSPS) is 12.4. The zero-order valence-electron chi connectivity index (χ0n) is 10.9. The monoisotopic (exact) mass is 381 g/mol. The minimum atomic E-state index is 0.490. The van der Waals surface area contributed by atoms with Gasteiger partial charge >= 0.3 is 0 Å². The summed E-state index contributed by atoms with van der Waals surface area (Å²) in [6.07, 6.45) is 1.05. The van der Waals surface area contributed by atoms with Crippen LogP contribution in [0.3, 0.4) is 0 Å². The van der Waals surface area contributed by atoms with Crippen molar-refractivity contribution in [2.75, 3.05) is 13.6 Å². The Balaban J connectivity index is 2.18. The summed E-state index contributed by atoms with van der Waals surface area (Å²) in [6, 6.07) is 17.2. The van der Waals surface area contributed by atoms with Gasteiger partial charge < -0.3 is 5.32 Å². The van der Waals surface area contributed by atoms with Crippen molar-refractivity contribution in [3.8, 4) is 0 Å². The second-order valence-corrected chi connectivity index (χ2v) is 6.47. The molecular weight excluding hydrogens is 366 g/mol. The van der Waals surface area contributed by atoms with Crippen molar-refractivity contribution in [3.63, 3.8) is 0 Å². The molecule has 0 aliphatic heterocycles. The van der Waals surface area contributed by atoms with Gasteiger partial charge in [-0.2, -0.15) is 0 Å². The highest BCUT2D eigenvalue weighted by molar-refractivity contribution is 9.10. The first-order chi connectivity index (χ1) is 9.19. The third kappa shape index (κ3) is 4.44. The lowest BCUT2D eigenvalue weighted by Gasteiger charge is -2.17. The summed E-state index contributed by atoms with van der Waals surface area (Å²) < 4.78 is 2.27. The number of rotatable bonds is 5. The van der Waals surface area contributed by atoms with E-state index < -0.39 is 0 Å². The van der Waals surface area contributed by atoms with Gasteiger partial charge in [-0.15, -0.1) is 0 Å². The van der Waals surface area contributed by atoms with Crippen LogP contribution in [0.4, 0.5) is 0 Å². The Morgan fingerprint density at radius 2 is 1.74 bits per heavy atom. The summed E-state index contributed by atoms with van der Waals surface area (Å²) in [6.45, 7) is 0.979. The molecule has 0 aliphatic rings. The maximum absolute atomic E-state index is 3.55. The standard InChI is InChI=1S/C16H17Br2N/c1-19-11-14(13-3-2-4-16(18)10-13)9-12-5-7-15(17)8-6-12/h2-8,10,14,19H,9,11H2,1H3. The first-order valence-electron chi connectivity index (χ1n) is 6.33. The molecule has 19 heavy (non-hydrogen) atoms. The van der Waals surface area contributed by atoms with Crippen molar-refractivity contribution in [3.05, 3.63) is 68.6 Å². The number of hydrogen-bond acceptors (Lipinski definition) is 1. The number of halogens is 2. The van der Waals surface area contributed by atoms with Gasteiger partial charge in [-0.3, -0.25) is 0 Å². The van der Waals surface area contributed by atoms with Gasteiger partial charge in [-0.1, -0.05) is 56.1 Å². The lowest BCUT2D eigenvalue weighted by Crippen LogP contribution is -2.19. The summed E-state index contributed by atoms with van der Waals surface area (Å²) in [7, 11) is 2.01. The Labute approximate surface area is 131 Å². The molecule has 0 saturated carbocycles. The summed E-state index contributed by atoms with van der Waals surface area (Å²) in [4.78, 5) is 0. The van der Waals surface area contributed by atoms with Crippen molar-refractivity contribution < 1.29 is 0 Å². The topological polar surface area (TPSA) is 12.0 Å². The second kappa shape index (κ2) is 7.22. The molecule has 0 amide bonds. The molecule has 2 aromatic carbocycles. The van der Waals surface area contributed by atoms with Crippen LogP contribution in [-0.4, -0.2) is 13.6 Å². The highest BCUT2D eigenvalue weighted by Gasteiger charge is 2.12. The highest BCUT2D eigenvalue weighted by Crippen LogP contribution is 2.24. The summed E-state index contributed by atoms with van der Waals surface area (Å²) in [5, 5.41) is 3.29. The molecule has 100 valence electrons. The van der Waals surface area contributed by atoms with Crippen molar-refractivity contribution >= 4 is 31.9 Å². The Hall–Kier alpha value is -0.640. The molecule has 1 nitrogen and oxygen atoms in total. The van der Waals surface area contributed by atoms with Gasteiger partial charge in [0.25, 0.3) is 0 Å². The molecule has 0 radical (unpaired) electrons. The zero-order chi connectivity index (χ0) is 13.7. The minimum Gasteiger partial charge on any atom is -0.319 e. The van der Waals surface area contributed by atoms with Crippen molar-refractivity contribution in [2.45, 2.75) is 12.3 Å². The van der Waals surface area contributed by atoms with Crippen LogP contribution >= 0.6 is 31.9 Å². The number of nitrogens with one attached hydrogen (secondary N) is 1. The average Bonchev–Trinajstić information content (AvgIpc) is 2.41. The van der Waals surface area contributed by atoms with E-state index in [1.54, 1.807) is 0 Å². The summed E-state index contributed by atoms with van der Waals surface area (Å²) >= 11 is 7.03. The molecule has 0 spiro atoms. The molecule has 1 unspecified atom stereocenters. The van der Waals surface area contributed by atoms with Crippen LogP contribution in [0.1, 0.15) is 17.0 Å². The maximum atomic E-state index is 3.55. The Morgan fingerprint density at radius 1 is 1.00 bits per heavy atom. The van der Waals surface area contributed by atoms with Crippen LogP contribution in [0.5, 0.6) is 0 Å². The molecule has 1 atom stereocenters. The van der Waals surface area contributed by atoms with Crippen LogP contribution in [0.2, 0.25) is 0 Å². The van der Waals surface area contributed by atoms with Crippen molar-refractivity contribution in [1.82, 2.24) is 5.32 Å². The fourth-order valence-electron chi connectivity index (χ4n) is 2.22. The van der Waals surface area contributed by atoms with Gasteiger partial charge in [-0.25, -0.2) is 0 Å². The molecule has 0 fully saturated rings. The van der Waals surface area contributed by atoms with Gasteiger partial charge in [0.05, 0.1) is 0 Å². The third-order valence-electron chi connectivity index (χ3n) is 3.17.